The Morgan fingerprint density at radius 3 is 2.50 bits per heavy atom. The van der Waals surface area contributed by atoms with Crippen LogP contribution in [0.25, 0.3) is 0 Å². The van der Waals surface area contributed by atoms with Gasteiger partial charge in [0.2, 0.25) is 5.91 Å². The Morgan fingerprint density at radius 2 is 1.95 bits per heavy atom. The molecule has 0 aliphatic carbocycles. The summed E-state index contributed by atoms with van der Waals surface area (Å²) >= 11 is 0. The van der Waals surface area contributed by atoms with Crippen LogP contribution in [0.4, 0.5) is 0 Å². The average Bonchev–Trinajstić information content (AvgIpc) is 2.49. The second kappa shape index (κ2) is 9.37. The van der Waals surface area contributed by atoms with Gasteiger partial charge in [0, 0.05) is 13.1 Å². The van der Waals surface area contributed by atoms with Crippen molar-refractivity contribution in [2.24, 2.45) is 11.7 Å². The van der Waals surface area contributed by atoms with Crippen LogP contribution in [0.1, 0.15) is 32.3 Å². The number of rotatable bonds is 9. The third-order valence-electron chi connectivity index (χ3n) is 3.08. The highest BCUT2D eigenvalue weighted by atomic mass is 16.5. The van der Waals surface area contributed by atoms with E-state index in [9.17, 15) is 4.79 Å². The van der Waals surface area contributed by atoms with Crippen LogP contribution >= 0.6 is 0 Å². The summed E-state index contributed by atoms with van der Waals surface area (Å²) in [5, 5.41) is 2.90. The van der Waals surface area contributed by atoms with Gasteiger partial charge in [-0.05, 0) is 37.0 Å². The summed E-state index contributed by atoms with van der Waals surface area (Å²) in [6.07, 6.45) is 2.60. The molecule has 0 saturated carbocycles. The zero-order chi connectivity index (χ0) is 14.8. The van der Waals surface area contributed by atoms with E-state index in [1.165, 1.54) is 0 Å². The standard InChI is InChI=1S/C16H26N2O2/c1-3-9-18-16(19)14(12-17)11-13-5-7-15(8-6-13)20-10-4-2/h5-8,14H,3-4,9-12,17H2,1-2H3,(H,18,19). The number of ether oxygens (including phenoxy) is 1. The van der Waals surface area contributed by atoms with Crippen molar-refractivity contribution in [2.75, 3.05) is 19.7 Å². The van der Waals surface area contributed by atoms with Gasteiger partial charge in [-0.2, -0.15) is 0 Å². The van der Waals surface area contributed by atoms with Gasteiger partial charge in [-0.25, -0.2) is 0 Å². The highest BCUT2D eigenvalue weighted by molar-refractivity contribution is 5.79. The molecule has 4 nitrogen and oxygen atoms in total. The van der Waals surface area contributed by atoms with Gasteiger partial charge in [-0.15, -0.1) is 0 Å². The average molecular weight is 278 g/mol. The molecule has 0 spiro atoms. The molecule has 1 rings (SSSR count). The number of nitrogens with one attached hydrogen (secondary N) is 1. The van der Waals surface area contributed by atoms with E-state index in [0.29, 0.717) is 19.5 Å². The first kappa shape index (κ1) is 16.5. The van der Waals surface area contributed by atoms with E-state index in [0.717, 1.165) is 30.8 Å². The number of carbonyl (C=O) groups excluding carboxylic acids is 1. The van der Waals surface area contributed by atoms with Crippen LogP contribution < -0.4 is 15.8 Å². The van der Waals surface area contributed by atoms with E-state index < -0.39 is 0 Å². The number of hydrogen-bond acceptors (Lipinski definition) is 3. The number of hydrogen-bond donors (Lipinski definition) is 2. The maximum atomic E-state index is 11.9. The number of nitrogens with two attached hydrogens (primary N) is 1. The van der Waals surface area contributed by atoms with Gasteiger partial charge < -0.3 is 15.8 Å². The molecule has 1 unspecified atom stereocenters. The molecule has 1 atom stereocenters. The van der Waals surface area contributed by atoms with E-state index in [1.807, 2.05) is 31.2 Å². The van der Waals surface area contributed by atoms with Crippen LogP contribution in [-0.4, -0.2) is 25.6 Å². The second-order valence-electron chi connectivity index (χ2n) is 4.92. The summed E-state index contributed by atoms with van der Waals surface area (Å²) in [6, 6.07) is 7.90. The zero-order valence-corrected chi connectivity index (χ0v) is 12.5. The fourth-order valence-electron chi connectivity index (χ4n) is 1.90. The van der Waals surface area contributed by atoms with Gasteiger partial charge in [-0.1, -0.05) is 26.0 Å². The molecule has 0 fully saturated rings. The molecule has 0 radical (unpaired) electrons. The van der Waals surface area contributed by atoms with Crippen LogP contribution in [0, 0.1) is 5.92 Å². The molecule has 1 amide bonds. The monoisotopic (exact) mass is 278 g/mol. The number of carbonyl (C=O) groups is 1. The molecule has 4 heteroatoms. The van der Waals surface area contributed by atoms with Crippen molar-refractivity contribution < 1.29 is 9.53 Å². The second-order valence-corrected chi connectivity index (χ2v) is 4.92. The molecule has 20 heavy (non-hydrogen) atoms. The Balaban J connectivity index is 2.54. The van der Waals surface area contributed by atoms with Crippen molar-refractivity contribution in [2.45, 2.75) is 33.1 Å². The molecule has 1 aromatic rings. The fourth-order valence-corrected chi connectivity index (χ4v) is 1.90. The van der Waals surface area contributed by atoms with Crippen LogP contribution in [0.5, 0.6) is 5.75 Å². The van der Waals surface area contributed by atoms with Crippen molar-refractivity contribution in [1.82, 2.24) is 5.32 Å². The minimum atomic E-state index is -0.163. The van der Waals surface area contributed by atoms with Gasteiger partial charge in [0.1, 0.15) is 5.75 Å². The van der Waals surface area contributed by atoms with Crippen molar-refractivity contribution in [3.05, 3.63) is 29.8 Å². The van der Waals surface area contributed by atoms with E-state index in [4.69, 9.17) is 10.5 Å². The molecule has 0 saturated heterocycles. The summed E-state index contributed by atoms with van der Waals surface area (Å²) in [6.45, 7) is 5.91. The summed E-state index contributed by atoms with van der Waals surface area (Å²) in [4.78, 5) is 11.9. The topological polar surface area (TPSA) is 64.4 Å². The summed E-state index contributed by atoms with van der Waals surface area (Å²) in [5.41, 5.74) is 6.81. The molecular weight excluding hydrogens is 252 g/mol. The van der Waals surface area contributed by atoms with Gasteiger partial charge in [0.05, 0.1) is 12.5 Å². The molecule has 0 heterocycles. The Labute approximate surface area is 121 Å². The highest BCUT2D eigenvalue weighted by Gasteiger charge is 2.16. The van der Waals surface area contributed by atoms with E-state index in [1.54, 1.807) is 0 Å². The Morgan fingerprint density at radius 1 is 1.25 bits per heavy atom. The van der Waals surface area contributed by atoms with Crippen LogP contribution in [0.2, 0.25) is 0 Å². The van der Waals surface area contributed by atoms with E-state index in [-0.39, 0.29) is 11.8 Å². The molecule has 0 aromatic heterocycles. The van der Waals surface area contributed by atoms with E-state index in [2.05, 4.69) is 12.2 Å². The lowest BCUT2D eigenvalue weighted by atomic mass is 9.98. The Bertz CT molecular complexity index is 390. The minimum absolute atomic E-state index is 0.0423. The maximum Gasteiger partial charge on any atom is 0.224 e. The fraction of sp³-hybridized carbons (Fsp3) is 0.562. The van der Waals surface area contributed by atoms with Gasteiger partial charge in [0.25, 0.3) is 0 Å². The van der Waals surface area contributed by atoms with Gasteiger partial charge in [-0.3, -0.25) is 4.79 Å². The lowest BCUT2D eigenvalue weighted by Crippen LogP contribution is -2.36. The lowest BCUT2D eigenvalue weighted by Gasteiger charge is -2.15. The number of amides is 1. The Hall–Kier alpha value is -1.55. The molecule has 0 aliphatic rings. The first-order valence-electron chi connectivity index (χ1n) is 7.40. The third-order valence-corrected chi connectivity index (χ3v) is 3.08. The van der Waals surface area contributed by atoms with Crippen molar-refractivity contribution in [3.63, 3.8) is 0 Å². The van der Waals surface area contributed by atoms with Gasteiger partial charge in [0.15, 0.2) is 0 Å². The zero-order valence-electron chi connectivity index (χ0n) is 12.5. The smallest absolute Gasteiger partial charge is 0.224 e. The predicted molar refractivity (Wildman–Crippen MR) is 81.8 cm³/mol. The number of benzene rings is 1. The SMILES string of the molecule is CCCNC(=O)C(CN)Cc1ccc(OCCC)cc1. The molecule has 0 bridgehead atoms. The Kier molecular flexibility index (Phi) is 7.73. The van der Waals surface area contributed by atoms with Crippen molar-refractivity contribution >= 4 is 5.91 Å². The third kappa shape index (κ3) is 5.61. The maximum absolute atomic E-state index is 11.9. The van der Waals surface area contributed by atoms with E-state index >= 15 is 0 Å². The van der Waals surface area contributed by atoms with Crippen LogP contribution in [0.15, 0.2) is 24.3 Å². The normalized spacial score (nSPS) is 11.9. The minimum Gasteiger partial charge on any atom is -0.494 e. The quantitative estimate of drug-likeness (QED) is 0.727. The summed E-state index contributed by atoms with van der Waals surface area (Å²) < 4.78 is 5.54. The largest absolute Gasteiger partial charge is 0.494 e. The lowest BCUT2D eigenvalue weighted by molar-refractivity contribution is -0.124. The molecule has 0 aliphatic heterocycles. The molecular formula is C16H26N2O2. The molecule has 3 N–H and O–H groups in total. The van der Waals surface area contributed by atoms with Gasteiger partial charge >= 0.3 is 0 Å². The van der Waals surface area contributed by atoms with Crippen molar-refractivity contribution in [3.8, 4) is 5.75 Å². The molecule has 112 valence electrons. The molecule has 1 aromatic carbocycles. The first-order valence-corrected chi connectivity index (χ1v) is 7.40. The van der Waals surface area contributed by atoms with Crippen LogP contribution in [-0.2, 0) is 11.2 Å². The summed E-state index contributed by atoms with van der Waals surface area (Å²) in [7, 11) is 0. The van der Waals surface area contributed by atoms with Crippen molar-refractivity contribution in [1.29, 1.82) is 0 Å². The predicted octanol–water partition coefficient (Wildman–Crippen LogP) is 2.12. The van der Waals surface area contributed by atoms with Crippen LogP contribution in [0.3, 0.4) is 0 Å². The first-order chi connectivity index (χ1) is 9.71. The summed E-state index contributed by atoms with van der Waals surface area (Å²) in [5.74, 6) is 0.750. The highest BCUT2D eigenvalue weighted by Crippen LogP contribution is 2.15.